The van der Waals surface area contributed by atoms with Crippen LogP contribution in [0.4, 0.5) is 5.69 Å². The number of nitrogens with zero attached hydrogens (tertiary/aromatic N) is 4. The molecule has 6 nitrogen and oxygen atoms in total. The molecule has 0 saturated carbocycles. The molecule has 1 rings (SSSR count). The summed E-state index contributed by atoms with van der Waals surface area (Å²) in [7, 11) is 0. The average Bonchev–Trinajstić information content (AvgIpc) is 2.28. The SMILES string of the molecule is Cc1cc(N(CC#N)CC#N)c(C(=O)O)cn1. The van der Waals surface area contributed by atoms with Crippen molar-refractivity contribution in [3.05, 3.63) is 23.5 Å². The van der Waals surface area contributed by atoms with Gasteiger partial charge in [-0.25, -0.2) is 4.79 Å². The summed E-state index contributed by atoms with van der Waals surface area (Å²) >= 11 is 0. The van der Waals surface area contributed by atoms with Crippen LogP contribution in [0.5, 0.6) is 0 Å². The van der Waals surface area contributed by atoms with Crippen LogP contribution in [0, 0.1) is 29.6 Å². The Bertz CT molecular complexity index is 497. The monoisotopic (exact) mass is 230 g/mol. The van der Waals surface area contributed by atoms with Gasteiger partial charge in [0.1, 0.15) is 18.7 Å². The summed E-state index contributed by atoms with van der Waals surface area (Å²) in [5, 5.41) is 26.3. The molecule has 0 radical (unpaired) electrons. The first-order chi connectivity index (χ1) is 8.10. The standard InChI is InChI=1S/C11H10N4O2/c1-8-6-10(9(7-14-8)11(16)17)15(4-2-12)5-3-13/h6-7H,4-5H2,1H3,(H,16,17). The number of aromatic carboxylic acids is 1. The van der Waals surface area contributed by atoms with Crippen LogP contribution < -0.4 is 4.90 Å². The van der Waals surface area contributed by atoms with Crippen LogP contribution in [-0.4, -0.2) is 29.1 Å². The van der Waals surface area contributed by atoms with Gasteiger partial charge in [0.15, 0.2) is 0 Å². The Labute approximate surface area is 98.3 Å². The van der Waals surface area contributed by atoms with Crippen LogP contribution in [-0.2, 0) is 0 Å². The zero-order chi connectivity index (χ0) is 12.8. The number of hydrogen-bond acceptors (Lipinski definition) is 5. The molecule has 1 heterocycles. The molecule has 0 unspecified atom stereocenters. The van der Waals surface area contributed by atoms with Crippen LogP contribution in [0.2, 0.25) is 0 Å². The van der Waals surface area contributed by atoms with Gasteiger partial charge < -0.3 is 10.0 Å². The van der Waals surface area contributed by atoms with Gasteiger partial charge in [-0.05, 0) is 13.0 Å². The molecule has 0 aliphatic carbocycles. The average molecular weight is 230 g/mol. The molecule has 0 spiro atoms. The minimum absolute atomic E-state index is 0.0129. The maximum Gasteiger partial charge on any atom is 0.339 e. The van der Waals surface area contributed by atoms with Gasteiger partial charge >= 0.3 is 5.97 Å². The number of aromatic nitrogens is 1. The van der Waals surface area contributed by atoms with E-state index in [9.17, 15) is 4.79 Å². The van der Waals surface area contributed by atoms with Crippen molar-refractivity contribution < 1.29 is 9.90 Å². The number of carboxylic acid groups (broad SMARTS) is 1. The molecule has 0 amide bonds. The lowest BCUT2D eigenvalue weighted by molar-refractivity contribution is 0.0697. The Kier molecular flexibility index (Phi) is 4.02. The lowest BCUT2D eigenvalue weighted by atomic mass is 10.2. The predicted molar refractivity (Wildman–Crippen MR) is 59.4 cm³/mol. The maximum absolute atomic E-state index is 11.0. The second-order valence-electron chi connectivity index (χ2n) is 3.32. The minimum Gasteiger partial charge on any atom is -0.478 e. The second-order valence-corrected chi connectivity index (χ2v) is 3.32. The highest BCUT2D eigenvalue weighted by Gasteiger charge is 2.16. The fourth-order valence-corrected chi connectivity index (χ4v) is 1.37. The molecule has 1 aromatic heterocycles. The molecule has 6 heteroatoms. The zero-order valence-corrected chi connectivity index (χ0v) is 9.21. The first-order valence-electron chi connectivity index (χ1n) is 4.79. The van der Waals surface area contributed by atoms with E-state index < -0.39 is 5.97 Å². The van der Waals surface area contributed by atoms with Crippen molar-refractivity contribution in [1.29, 1.82) is 10.5 Å². The molecule has 0 aromatic carbocycles. The summed E-state index contributed by atoms with van der Waals surface area (Å²) in [6, 6.07) is 5.35. The van der Waals surface area contributed by atoms with E-state index in [1.165, 1.54) is 11.1 Å². The third kappa shape index (κ3) is 2.93. The van der Waals surface area contributed by atoms with Crippen LogP contribution in [0.1, 0.15) is 16.1 Å². The van der Waals surface area contributed by atoms with Gasteiger partial charge in [-0.2, -0.15) is 10.5 Å². The molecule has 0 aliphatic rings. The molecule has 0 bridgehead atoms. The van der Waals surface area contributed by atoms with Crippen molar-refractivity contribution in [2.75, 3.05) is 18.0 Å². The van der Waals surface area contributed by atoms with Crippen molar-refractivity contribution in [3.8, 4) is 12.1 Å². The molecular formula is C11H10N4O2. The Morgan fingerprint density at radius 2 is 2.06 bits per heavy atom. The summed E-state index contributed by atoms with van der Waals surface area (Å²) < 4.78 is 0. The van der Waals surface area contributed by atoms with Crippen molar-refractivity contribution in [2.45, 2.75) is 6.92 Å². The van der Waals surface area contributed by atoms with Crippen LogP contribution in [0.15, 0.2) is 12.3 Å². The smallest absolute Gasteiger partial charge is 0.339 e. The van der Waals surface area contributed by atoms with Crippen LogP contribution in [0.3, 0.4) is 0 Å². The molecule has 0 aliphatic heterocycles. The van der Waals surface area contributed by atoms with E-state index in [-0.39, 0.29) is 18.7 Å². The first kappa shape index (κ1) is 12.5. The number of anilines is 1. The Balaban J connectivity index is 3.25. The second kappa shape index (κ2) is 5.47. The van der Waals surface area contributed by atoms with Crippen molar-refractivity contribution in [1.82, 2.24) is 4.98 Å². The van der Waals surface area contributed by atoms with E-state index in [0.717, 1.165) is 0 Å². The molecule has 86 valence electrons. The van der Waals surface area contributed by atoms with Gasteiger partial charge in [0.25, 0.3) is 0 Å². The Morgan fingerprint density at radius 1 is 1.47 bits per heavy atom. The molecule has 0 saturated heterocycles. The van der Waals surface area contributed by atoms with E-state index in [1.807, 2.05) is 12.1 Å². The number of nitriles is 2. The van der Waals surface area contributed by atoms with Gasteiger partial charge in [0.05, 0.1) is 17.8 Å². The van der Waals surface area contributed by atoms with Gasteiger partial charge in [0.2, 0.25) is 0 Å². The quantitative estimate of drug-likeness (QED) is 0.772. The fraction of sp³-hybridized carbons (Fsp3) is 0.273. The van der Waals surface area contributed by atoms with E-state index in [1.54, 1.807) is 13.0 Å². The highest BCUT2D eigenvalue weighted by atomic mass is 16.4. The number of pyridine rings is 1. The van der Waals surface area contributed by atoms with E-state index in [2.05, 4.69) is 4.98 Å². The highest BCUT2D eigenvalue weighted by Crippen LogP contribution is 2.20. The molecule has 0 fully saturated rings. The van der Waals surface area contributed by atoms with E-state index in [4.69, 9.17) is 15.6 Å². The summed E-state index contributed by atoms with van der Waals surface area (Å²) in [4.78, 5) is 16.3. The summed E-state index contributed by atoms with van der Waals surface area (Å²) in [5.74, 6) is -1.13. The lowest BCUT2D eigenvalue weighted by Crippen LogP contribution is -2.26. The Hall–Kier alpha value is -2.60. The predicted octanol–water partition coefficient (Wildman–Crippen LogP) is 0.942. The number of aryl methyl sites for hydroxylation is 1. The normalized spacial score (nSPS) is 9.12. The third-order valence-corrected chi connectivity index (χ3v) is 2.11. The molecular weight excluding hydrogens is 220 g/mol. The van der Waals surface area contributed by atoms with Gasteiger partial charge in [-0.1, -0.05) is 0 Å². The van der Waals surface area contributed by atoms with E-state index >= 15 is 0 Å². The van der Waals surface area contributed by atoms with Gasteiger partial charge in [-0.3, -0.25) is 4.98 Å². The van der Waals surface area contributed by atoms with Gasteiger partial charge in [-0.15, -0.1) is 0 Å². The maximum atomic E-state index is 11.0. The van der Waals surface area contributed by atoms with Gasteiger partial charge in [0, 0.05) is 11.9 Å². The zero-order valence-electron chi connectivity index (χ0n) is 9.21. The lowest BCUT2D eigenvalue weighted by Gasteiger charge is -2.20. The van der Waals surface area contributed by atoms with Crippen molar-refractivity contribution in [3.63, 3.8) is 0 Å². The summed E-state index contributed by atoms with van der Waals surface area (Å²) in [5.41, 5.74) is 0.958. The van der Waals surface area contributed by atoms with Crippen molar-refractivity contribution in [2.24, 2.45) is 0 Å². The molecule has 1 N–H and O–H groups in total. The first-order valence-corrected chi connectivity index (χ1v) is 4.79. The fourth-order valence-electron chi connectivity index (χ4n) is 1.37. The third-order valence-electron chi connectivity index (χ3n) is 2.11. The number of carboxylic acids is 1. The topological polar surface area (TPSA) is 101 Å². The summed E-state index contributed by atoms with van der Waals surface area (Å²) in [6.45, 7) is 1.63. The highest BCUT2D eigenvalue weighted by molar-refractivity contribution is 5.94. The van der Waals surface area contributed by atoms with Crippen molar-refractivity contribution >= 4 is 11.7 Å². The van der Waals surface area contributed by atoms with Crippen LogP contribution in [0.25, 0.3) is 0 Å². The minimum atomic E-state index is -1.13. The Morgan fingerprint density at radius 3 is 2.53 bits per heavy atom. The van der Waals surface area contributed by atoms with Crippen LogP contribution >= 0.6 is 0 Å². The molecule has 1 aromatic rings. The number of carbonyl (C=O) groups is 1. The largest absolute Gasteiger partial charge is 0.478 e. The molecule has 17 heavy (non-hydrogen) atoms. The number of rotatable bonds is 4. The molecule has 0 atom stereocenters. The number of hydrogen-bond donors (Lipinski definition) is 1. The summed E-state index contributed by atoms with van der Waals surface area (Å²) in [6.07, 6.45) is 1.23. The van der Waals surface area contributed by atoms with E-state index in [0.29, 0.717) is 11.4 Å².